The molecule has 0 aliphatic heterocycles. The Morgan fingerprint density at radius 1 is 1.30 bits per heavy atom. The highest BCUT2D eigenvalue weighted by molar-refractivity contribution is 6.30. The second kappa shape index (κ2) is 6.82. The third kappa shape index (κ3) is 3.56. The Kier molecular flexibility index (Phi) is 4.98. The highest BCUT2D eigenvalue weighted by Gasteiger charge is 2.42. The molecule has 2 saturated carbocycles. The molecular formula is C19H27ClN2O. The van der Waals surface area contributed by atoms with Crippen LogP contribution in [0.3, 0.4) is 0 Å². The van der Waals surface area contributed by atoms with Gasteiger partial charge in [0, 0.05) is 23.7 Å². The fourth-order valence-corrected chi connectivity index (χ4v) is 3.92. The highest BCUT2D eigenvalue weighted by Crippen LogP contribution is 2.41. The minimum atomic E-state index is -0.359. The normalized spacial score (nSPS) is 21.4. The van der Waals surface area contributed by atoms with Crippen LogP contribution in [0, 0.1) is 0 Å². The Balaban J connectivity index is 1.68. The monoisotopic (exact) mass is 334 g/mol. The van der Waals surface area contributed by atoms with Crippen LogP contribution >= 0.6 is 11.6 Å². The number of nitrogens with one attached hydrogen (secondary N) is 1. The lowest BCUT2D eigenvalue weighted by Gasteiger charge is -2.31. The van der Waals surface area contributed by atoms with Gasteiger partial charge in [-0.15, -0.1) is 0 Å². The van der Waals surface area contributed by atoms with Crippen molar-refractivity contribution >= 4 is 17.5 Å². The van der Waals surface area contributed by atoms with Gasteiger partial charge in [0.2, 0.25) is 5.91 Å². The second-order valence-electron chi connectivity index (χ2n) is 7.25. The third-order valence-electron chi connectivity index (χ3n) is 5.66. The van der Waals surface area contributed by atoms with E-state index < -0.39 is 0 Å². The van der Waals surface area contributed by atoms with Gasteiger partial charge in [0.25, 0.3) is 0 Å². The Labute approximate surface area is 144 Å². The van der Waals surface area contributed by atoms with Crippen LogP contribution < -0.4 is 5.32 Å². The van der Waals surface area contributed by atoms with Gasteiger partial charge in [-0.1, -0.05) is 36.6 Å². The van der Waals surface area contributed by atoms with E-state index in [1.165, 1.54) is 12.8 Å². The maximum atomic E-state index is 13.0. The molecule has 1 aromatic rings. The molecule has 0 bridgehead atoms. The van der Waals surface area contributed by atoms with Crippen LogP contribution in [0.2, 0.25) is 5.02 Å². The van der Waals surface area contributed by atoms with E-state index in [0.717, 1.165) is 48.9 Å². The number of halogens is 1. The van der Waals surface area contributed by atoms with Crippen molar-refractivity contribution in [3.05, 3.63) is 34.9 Å². The van der Waals surface area contributed by atoms with Crippen LogP contribution in [0.1, 0.15) is 51.0 Å². The van der Waals surface area contributed by atoms with E-state index in [0.29, 0.717) is 6.04 Å². The van der Waals surface area contributed by atoms with Gasteiger partial charge in [-0.05, 0) is 57.4 Å². The van der Waals surface area contributed by atoms with Crippen molar-refractivity contribution in [1.82, 2.24) is 10.2 Å². The lowest BCUT2D eigenvalue weighted by molar-refractivity contribution is -0.126. The first kappa shape index (κ1) is 16.8. The molecule has 0 aromatic heterocycles. The molecule has 1 aromatic carbocycles. The summed E-state index contributed by atoms with van der Waals surface area (Å²) in [5, 5.41) is 3.95. The predicted molar refractivity (Wildman–Crippen MR) is 94.9 cm³/mol. The SMILES string of the molecule is CC(CNC(=O)C1(c2ccc(Cl)cc2)CCCC1)N(C)C1CC1. The van der Waals surface area contributed by atoms with Crippen molar-refractivity contribution in [2.75, 3.05) is 13.6 Å². The van der Waals surface area contributed by atoms with Crippen molar-refractivity contribution in [2.45, 2.75) is 62.9 Å². The second-order valence-corrected chi connectivity index (χ2v) is 7.69. The summed E-state index contributed by atoms with van der Waals surface area (Å²) in [6.07, 6.45) is 6.70. The summed E-state index contributed by atoms with van der Waals surface area (Å²) in [5.74, 6) is 0.188. The van der Waals surface area contributed by atoms with E-state index in [1.54, 1.807) is 0 Å². The average molecular weight is 335 g/mol. The van der Waals surface area contributed by atoms with Crippen molar-refractivity contribution in [3.8, 4) is 0 Å². The minimum absolute atomic E-state index is 0.188. The smallest absolute Gasteiger partial charge is 0.230 e. The Hall–Kier alpha value is -1.06. The first-order valence-electron chi connectivity index (χ1n) is 8.79. The molecule has 1 N–H and O–H groups in total. The van der Waals surface area contributed by atoms with Crippen molar-refractivity contribution in [3.63, 3.8) is 0 Å². The molecule has 4 heteroatoms. The van der Waals surface area contributed by atoms with Crippen LogP contribution in [0.15, 0.2) is 24.3 Å². The third-order valence-corrected chi connectivity index (χ3v) is 5.92. The summed E-state index contributed by atoms with van der Waals surface area (Å²) in [7, 11) is 2.17. The van der Waals surface area contributed by atoms with Crippen molar-refractivity contribution < 1.29 is 4.79 Å². The van der Waals surface area contributed by atoms with Gasteiger partial charge >= 0.3 is 0 Å². The number of amides is 1. The van der Waals surface area contributed by atoms with Gasteiger partial charge < -0.3 is 5.32 Å². The van der Waals surface area contributed by atoms with Gasteiger partial charge in [0.15, 0.2) is 0 Å². The number of likely N-dealkylation sites (N-methyl/N-ethyl adjacent to an activating group) is 1. The van der Waals surface area contributed by atoms with E-state index in [1.807, 2.05) is 24.3 Å². The summed E-state index contributed by atoms with van der Waals surface area (Å²) in [6, 6.07) is 8.94. The fraction of sp³-hybridized carbons (Fsp3) is 0.632. The topological polar surface area (TPSA) is 32.3 Å². The number of rotatable bonds is 6. The van der Waals surface area contributed by atoms with Crippen molar-refractivity contribution in [1.29, 1.82) is 0 Å². The lowest BCUT2D eigenvalue weighted by Crippen LogP contribution is -2.47. The molecule has 3 nitrogen and oxygen atoms in total. The van der Waals surface area contributed by atoms with E-state index in [-0.39, 0.29) is 11.3 Å². The summed E-state index contributed by atoms with van der Waals surface area (Å²) < 4.78 is 0. The Bertz CT molecular complexity index is 547. The number of hydrogen-bond acceptors (Lipinski definition) is 2. The molecular weight excluding hydrogens is 308 g/mol. The van der Waals surface area contributed by atoms with E-state index in [2.05, 4.69) is 24.2 Å². The predicted octanol–water partition coefficient (Wildman–Crippen LogP) is 3.75. The van der Waals surface area contributed by atoms with Gasteiger partial charge in [0.1, 0.15) is 0 Å². The highest BCUT2D eigenvalue weighted by atomic mass is 35.5. The standard InChI is InChI=1S/C19H27ClN2O/c1-14(22(2)17-9-10-17)13-21-18(23)19(11-3-4-12-19)15-5-7-16(20)8-6-15/h5-8,14,17H,3-4,9-13H2,1-2H3,(H,21,23). The maximum Gasteiger partial charge on any atom is 0.230 e. The van der Waals surface area contributed by atoms with Crippen LogP contribution in [-0.4, -0.2) is 36.5 Å². The number of nitrogens with zero attached hydrogens (tertiary/aromatic N) is 1. The van der Waals surface area contributed by atoms with Gasteiger partial charge in [-0.25, -0.2) is 0 Å². The fourth-order valence-electron chi connectivity index (χ4n) is 3.79. The van der Waals surface area contributed by atoms with Gasteiger partial charge in [-0.3, -0.25) is 9.69 Å². The van der Waals surface area contributed by atoms with E-state index >= 15 is 0 Å². The molecule has 0 radical (unpaired) electrons. The van der Waals surface area contributed by atoms with Crippen LogP contribution in [0.25, 0.3) is 0 Å². The molecule has 1 amide bonds. The molecule has 2 aliphatic rings. The summed E-state index contributed by atoms with van der Waals surface area (Å²) >= 11 is 6.01. The molecule has 0 saturated heterocycles. The number of benzene rings is 1. The quantitative estimate of drug-likeness (QED) is 0.859. The zero-order valence-corrected chi connectivity index (χ0v) is 14.9. The first-order valence-corrected chi connectivity index (χ1v) is 9.17. The van der Waals surface area contributed by atoms with Gasteiger partial charge in [-0.2, -0.15) is 0 Å². The van der Waals surface area contributed by atoms with Crippen LogP contribution in [0.5, 0.6) is 0 Å². The van der Waals surface area contributed by atoms with Crippen LogP contribution in [0.4, 0.5) is 0 Å². The van der Waals surface area contributed by atoms with Crippen molar-refractivity contribution in [2.24, 2.45) is 0 Å². The van der Waals surface area contributed by atoms with E-state index in [4.69, 9.17) is 11.6 Å². The molecule has 1 unspecified atom stereocenters. The Morgan fingerprint density at radius 2 is 1.91 bits per heavy atom. The number of carbonyl (C=O) groups excluding carboxylic acids is 1. The summed E-state index contributed by atoms with van der Waals surface area (Å²) in [4.78, 5) is 15.4. The largest absolute Gasteiger partial charge is 0.354 e. The van der Waals surface area contributed by atoms with Gasteiger partial charge in [0.05, 0.1) is 5.41 Å². The summed E-state index contributed by atoms with van der Waals surface area (Å²) in [5.41, 5.74) is 0.753. The molecule has 126 valence electrons. The number of carbonyl (C=O) groups is 1. The zero-order chi connectivity index (χ0) is 16.4. The minimum Gasteiger partial charge on any atom is -0.354 e. The van der Waals surface area contributed by atoms with E-state index in [9.17, 15) is 4.79 Å². The zero-order valence-electron chi connectivity index (χ0n) is 14.1. The first-order chi connectivity index (χ1) is 11.0. The summed E-state index contributed by atoms with van der Waals surface area (Å²) in [6.45, 7) is 2.92. The Morgan fingerprint density at radius 3 is 2.48 bits per heavy atom. The molecule has 2 fully saturated rings. The molecule has 0 spiro atoms. The molecule has 2 aliphatic carbocycles. The maximum absolute atomic E-state index is 13.0. The lowest BCUT2D eigenvalue weighted by atomic mass is 9.78. The number of hydrogen-bond donors (Lipinski definition) is 1. The molecule has 3 rings (SSSR count). The molecule has 0 heterocycles. The average Bonchev–Trinajstić information content (AvgIpc) is 3.29. The van der Waals surface area contributed by atoms with Crippen LogP contribution in [-0.2, 0) is 10.2 Å². The molecule has 1 atom stereocenters. The molecule has 23 heavy (non-hydrogen) atoms.